The first-order chi connectivity index (χ1) is 12.2. The lowest BCUT2D eigenvalue weighted by molar-refractivity contribution is 0.0727. The van der Waals surface area contributed by atoms with E-state index in [1.807, 2.05) is 0 Å². The number of anilines is 2. The van der Waals surface area contributed by atoms with E-state index in [1.165, 1.54) is 7.11 Å². The first-order valence-corrected chi connectivity index (χ1v) is 7.91. The molecule has 1 aromatic heterocycles. The van der Waals surface area contributed by atoms with Crippen molar-refractivity contribution in [1.82, 2.24) is 10.2 Å². The number of nitrogens with zero attached hydrogens (tertiary/aromatic N) is 3. The minimum Gasteiger partial charge on any atom is -0.453 e. The molecule has 1 N–H and O–H groups in total. The highest BCUT2D eigenvalue weighted by molar-refractivity contribution is 5.89. The number of ether oxygens (including phenoxy) is 2. The summed E-state index contributed by atoms with van der Waals surface area (Å²) in [4.78, 5) is 25.4. The molecule has 0 unspecified atom stereocenters. The standard InChI is InChI=1S/C17H18N4O4/c1-24-17(23)18-12-4-6-13(7-5-12)25-16(22)14-8-9-15(20-19-14)21-10-2-3-11-21/h4-9H,2-3,10-11H2,1H3,(H,18,23). The van der Waals surface area contributed by atoms with Crippen LogP contribution in [0.5, 0.6) is 5.75 Å². The molecule has 3 rings (SSSR count). The van der Waals surface area contributed by atoms with Crippen LogP contribution in [0.4, 0.5) is 16.3 Å². The molecule has 0 atom stereocenters. The van der Waals surface area contributed by atoms with Gasteiger partial charge >= 0.3 is 12.1 Å². The maximum atomic E-state index is 12.1. The highest BCUT2D eigenvalue weighted by Crippen LogP contribution is 2.19. The molecule has 0 saturated carbocycles. The number of aromatic nitrogens is 2. The normalized spacial score (nSPS) is 13.4. The van der Waals surface area contributed by atoms with Gasteiger partial charge in [-0.3, -0.25) is 5.32 Å². The quantitative estimate of drug-likeness (QED) is 0.674. The predicted molar refractivity (Wildman–Crippen MR) is 90.9 cm³/mol. The number of hydrogen-bond donors (Lipinski definition) is 1. The fourth-order valence-corrected chi connectivity index (χ4v) is 2.48. The number of carbonyl (C=O) groups is 2. The predicted octanol–water partition coefficient (Wildman–Crippen LogP) is 2.47. The summed E-state index contributed by atoms with van der Waals surface area (Å²) in [5.41, 5.74) is 0.668. The number of methoxy groups -OCH3 is 1. The fourth-order valence-electron chi connectivity index (χ4n) is 2.48. The van der Waals surface area contributed by atoms with E-state index in [0.717, 1.165) is 31.7 Å². The second kappa shape index (κ2) is 7.61. The zero-order chi connectivity index (χ0) is 17.6. The lowest BCUT2D eigenvalue weighted by Crippen LogP contribution is -2.20. The Balaban J connectivity index is 1.60. The summed E-state index contributed by atoms with van der Waals surface area (Å²) >= 11 is 0. The molecule has 1 saturated heterocycles. The number of benzene rings is 1. The molecule has 0 bridgehead atoms. The summed E-state index contributed by atoms with van der Waals surface area (Å²) in [5, 5.41) is 10.5. The SMILES string of the molecule is COC(=O)Nc1ccc(OC(=O)c2ccc(N3CCCC3)nn2)cc1. The zero-order valence-corrected chi connectivity index (χ0v) is 13.8. The third-order valence-electron chi connectivity index (χ3n) is 3.79. The first kappa shape index (κ1) is 16.7. The van der Waals surface area contributed by atoms with Gasteiger partial charge in [-0.1, -0.05) is 0 Å². The molecule has 25 heavy (non-hydrogen) atoms. The van der Waals surface area contributed by atoms with Crippen LogP contribution in [0.2, 0.25) is 0 Å². The van der Waals surface area contributed by atoms with E-state index in [9.17, 15) is 9.59 Å². The van der Waals surface area contributed by atoms with Crippen LogP contribution in [0.3, 0.4) is 0 Å². The molecular weight excluding hydrogens is 324 g/mol. The minimum atomic E-state index is -0.589. The molecule has 1 aliphatic heterocycles. The average molecular weight is 342 g/mol. The van der Waals surface area contributed by atoms with Crippen molar-refractivity contribution in [3.8, 4) is 5.75 Å². The van der Waals surface area contributed by atoms with Gasteiger partial charge in [0.15, 0.2) is 11.5 Å². The van der Waals surface area contributed by atoms with Crippen LogP contribution in [0.15, 0.2) is 36.4 Å². The molecule has 8 heteroatoms. The van der Waals surface area contributed by atoms with Gasteiger partial charge in [-0.25, -0.2) is 9.59 Å². The van der Waals surface area contributed by atoms with Gasteiger partial charge in [0.2, 0.25) is 0 Å². The van der Waals surface area contributed by atoms with Gasteiger partial charge in [-0.05, 0) is 49.2 Å². The number of hydrogen-bond acceptors (Lipinski definition) is 7. The van der Waals surface area contributed by atoms with Crippen LogP contribution >= 0.6 is 0 Å². The summed E-state index contributed by atoms with van der Waals surface area (Å²) in [6, 6.07) is 9.71. The van der Waals surface area contributed by atoms with E-state index >= 15 is 0 Å². The lowest BCUT2D eigenvalue weighted by Gasteiger charge is -2.15. The van der Waals surface area contributed by atoms with Gasteiger partial charge in [-0.2, -0.15) is 0 Å². The second-order valence-corrected chi connectivity index (χ2v) is 5.50. The number of nitrogens with one attached hydrogen (secondary N) is 1. The molecule has 2 heterocycles. The number of amides is 1. The average Bonchev–Trinajstić information content (AvgIpc) is 3.18. The van der Waals surface area contributed by atoms with Crippen LogP contribution in [0.1, 0.15) is 23.3 Å². The Morgan fingerprint density at radius 2 is 1.76 bits per heavy atom. The fraction of sp³-hybridized carbons (Fsp3) is 0.294. The molecule has 1 fully saturated rings. The Hall–Kier alpha value is -3.16. The van der Waals surface area contributed by atoms with Crippen molar-refractivity contribution in [3.05, 3.63) is 42.1 Å². The van der Waals surface area contributed by atoms with Gasteiger partial charge in [0.05, 0.1) is 7.11 Å². The van der Waals surface area contributed by atoms with Crippen LogP contribution in [0.25, 0.3) is 0 Å². The van der Waals surface area contributed by atoms with E-state index in [4.69, 9.17) is 4.74 Å². The van der Waals surface area contributed by atoms with Crippen molar-refractivity contribution in [2.45, 2.75) is 12.8 Å². The maximum absolute atomic E-state index is 12.1. The lowest BCUT2D eigenvalue weighted by atomic mass is 10.3. The van der Waals surface area contributed by atoms with Gasteiger partial charge in [0, 0.05) is 18.8 Å². The number of esters is 1. The Morgan fingerprint density at radius 3 is 2.36 bits per heavy atom. The van der Waals surface area contributed by atoms with E-state index in [2.05, 4.69) is 25.2 Å². The van der Waals surface area contributed by atoms with Crippen LogP contribution in [-0.4, -0.2) is 42.5 Å². The van der Waals surface area contributed by atoms with Crippen molar-refractivity contribution < 1.29 is 19.1 Å². The molecular formula is C17H18N4O4. The molecule has 8 nitrogen and oxygen atoms in total. The van der Waals surface area contributed by atoms with Gasteiger partial charge in [0.25, 0.3) is 0 Å². The maximum Gasteiger partial charge on any atom is 0.411 e. The van der Waals surface area contributed by atoms with Crippen LogP contribution < -0.4 is 15.0 Å². The largest absolute Gasteiger partial charge is 0.453 e. The molecule has 0 radical (unpaired) electrons. The summed E-state index contributed by atoms with van der Waals surface area (Å²) < 4.78 is 9.75. The zero-order valence-electron chi connectivity index (χ0n) is 13.8. The monoisotopic (exact) mass is 342 g/mol. The van der Waals surface area contributed by atoms with Crippen LogP contribution in [0, 0.1) is 0 Å². The van der Waals surface area contributed by atoms with Gasteiger partial charge < -0.3 is 14.4 Å². The third-order valence-corrected chi connectivity index (χ3v) is 3.79. The molecule has 130 valence electrons. The molecule has 2 aromatic rings. The van der Waals surface area contributed by atoms with Crippen LogP contribution in [-0.2, 0) is 4.74 Å². The highest BCUT2D eigenvalue weighted by atomic mass is 16.5. The Labute approximate surface area is 144 Å². The second-order valence-electron chi connectivity index (χ2n) is 5.50. The van der Waals surface area contributed by atoms with Crippen molar-refractivity contribution in [1.29, 1.82) is 0 Å². The Kier molecular flexibility index (Phi) is 5.08. The molecule has 1 aliphatic rings. The molecule has 0 aliphatic carbocycles. The smallest absolute Gasteiger partial charge is 0.411 e. The number of carbonyl (C=O) groups excluding carboxylic acids is 2. The van der Waals surface area contributed by atoms with Crippen molar-refractivity contribution >= 4 is 23.6 Å². The first-order valence-electron chi connectivity index (χ1n) is 7.91. The summed E-state index contributed by atoms with van der Waals surface area (Å²) in [6.45, 7) is 1.93. The van der Waals surface area contributed by atoms with Crippen molar-refractivity contribution in [2.24, 2.45) is 0 Å². The van der Waals surface area contributed by atoms with Gasteiger partial charge in [0.1, 0.15) is 5.75 Å². The summed E-state index contributed by atoms with van der Waals surface area (Å²) in [5.74, 6) is 0.521. The highest BCUT2D eigenvalue weighted by Gasteiger charge is 2.16. The third kappa shape index (κ3) is 4.23. The van der Waals surface area contributed by atoms with E-state index in [0.29, 0.717) is 11.4 Å². The van der Waals surface area contributed by atoms with E-state index in [-0.39, 0.29) is 5.69 Å². The molecule has 0 spiro atoms. The minimum absolute atomic E-state index is 0.139. The summed E-state index contributed by atoms with van der Waals surface area (Å²) in [6.07, 6.45) is 1.72. The summed E-state index contributed by atoms with van der Waals surface area (Å²) in [7, 11) is 1.28. The molecule has 1 aromatic carbocycles. The van der Waals surface area contributed by atoms with Crippen molar-refractivity contribution in [2.75, 3.05) is 30.4 Å². The Bertz CT molecular complexity index is 740. The topological polar surface area (TPSA) is 93.6 Å². The van der Waals surface area contributed by atoms with Crippen molar-refractivity contribution in [3.63, 3.8) is 0 Å². The van der Waals surface area contributed by atoms with Gasteiger partial charge in [-0.15, -0.1) is 10.2 Å². The number of rotatable bonds is 4. The van der Waals surface area contributed by atoms with E-state index in [1.54, 1.807) is 36.4 Å². The molecule has 1 amide bonds. The Morgan fingerprint density at radius 1 is 1.04 bits per heavy atom. The van der Waals surface area contributed by atoms with E-state index < -0.39 is 12.1 Å².